The minimum absolute atomic E-state index is 0.131. The zero-order valence-electron chi connectivity index (χ0n) is 14.0. The van der Waals surface area contributed by atoms with Crippen LogP contribution in [0, 0.1) is 15.5 Å². The zero-order valence-corrected chi connectivity index (χ0v) is 14.0. The van der Waals surface area contributed by atoms with Crippen molar-refractivity contribution in [1.29, 1.82) is 0 Å². The van der Waals surface area contributed by atoms with E-state index in [1.807, 2.05) is 0 Å². The first-order valence-corrected chi connectivity index (χ1v) is 8.19. The molecule has 2 fully saturated rings. The number of nitro benzene ring substituents is 1. The van der Waals surface area contributed by atoms with E-state index in [1.165, 1.54) is 12.1 Å². The number of carbonyl (C=O) groups is 2. The van der Waals surface area contributed by atoms with Crippen molar-refractivity contribution in [1.82, 2.24) is 4.90 Å². The lowest BCUT2D eigenvalue weighted by atomic mass is 9.86. The number of nitrogens with one attached hydrogen (secondary N) is 1. The number of carbonyl (C=O) groups excluding carboxylic acids is 1. The van der Waals surface area contributed by atoms with E-state index in [0.717, 1.165) is 23.8 Å². The van der Waals surface area contributed by atoms with Crippen LogP contribution in [0.5, 0.6) is 0 Å². The van der Waals surface area contributed by atoms with Crippen LogP contribution in [0.2, 0.25) is 0 Å². The van der Waals surface area contributed by atoms with Gasteiger partial charge in [-0.15, -0.1) is 0 Å². The lowest BCUT2D eigenvalue weighted by Gasteiger charge is -2.27. The largest absolute Gasteiger partial charge is 0.481 e. The summed E-state index contributed by atoms with van der Waals surface area (Å²) in [6.07, 6.45) is -4.03. The predicted octanol–water partition coefficient (Wildman–Crippen LogP) is 2.65. The number of carboxylic acids is 1. The van der Waals surface area contributed by atoms with Crippen LogP contribution in [0.4, 0.5) is 24.5 Å². The summed E-state index contributed by atoms with van der Waals surface area (Å²) >= 11 is 0. The van der Waals surface area contributed by atoms with Gasteiger partial charge in [-0.3, -0.25) is 19.7 Å². The Morgan fingerprint density at radius 3 is 2.48 bits per heavy atom. The minimum atomic E-state index is -5.02. The number of hydrogen-bond acceptors (Lipinski definition) is 5. The molecule has 1 aliphatic heterocycles. The van der Waals surface area contributed by atoms with Crippen LogP contribution in [0.1, 0.15) is 29.6 Å². The molecule has 1 aromatic rings. The summed E-state index contributed by atoms with van der Waals surface area (Å²) in [6.45, 7) is -1.43. The molecule has 3 rings (SSSR count). The Morgan fingerprint density at radius 1 is 1.33 bits per heavy atom. The van der Waals surface area contributed by atoms with Crippen LogP contribution in [-0.4, -0.2) is 52.1 Å². The van der Waals surface area contributed by atoms with Crippen LogP contribution in [-0.2, 0) is 4.79 Å². The molecule has 0 radical (unpaired) electrons. The highest BCUT2D eigenvalue weighted by Crippen LogP contribution is 2.46. The fourth-order valence-electron chi connectivity index (χ4n) is 3.08. The Kier molecular flexibility index (Phi) is 4.48. The second-order valence-electron chi connectivity index (χ2n) is 6.77. The third-order valence-electron chi connectivity index (χ3n) is 4.89. The van der Waals surface area contributed by atoms with E-state index in [0.29, 0.717) is 0 Å². The first kappa shape index (κ1) is 18.9. The molecule has 8 nitrogen and oxygen atoms in total. The fraction of sp³-hybridized carbons (Fsp3) is 0.500. The first-order valence-electron chi connectivity index (χ1n) is 8.19. The molecule has 27 heavy (non-hydrogen) atoms. The van der Waals surface area contributed by atoms with E-state index in [9.17, 15) is 32.9 Å². The molecule has 11 heteroatoms. The predicted molar refractivity (Wildman–Crippen MR) is 86.4 cm³/mol. The highest BCUT2D eigenvalue weighted by atomic mass is 19.4. The van der Waals surface area contributed by atoms with E-state index < -0.39 is 47.9 Å². The molecule has 1 saturated carbocycles. The Balaban J connectivity index is 1.85. The number of rotatable bonds is 5. The summed E-state index contributed by atoms with van der Waals surface area (Å²) in [5.41, 5.74) is -3.31. The van der Waals surface area contributed by atoms with Crippen molar-refractivity contribution in [2.45, 2.75) is 31.5 Å². The van der Waals surface area contributed by atoms with Gasteiger partial charge in [0.1, 0.15) is 5.69 Å². The molecule has 1 saturated heterocycles. The Bertz CT molecular complexity index is 809. The van der Waals surface area contributed by atoms with Gasteiger partial charge in [-0.1, -0.05) is 0 Å². The lowest BCUT2D eigenvalue weighted by molar-refractivity contribution is -0.384. The molecule has 1 aliphatic carbocycles. The van der Waals surface area contributed by atoms with Gasteiger partial charge in [0, 0.05) is 30.8 Å². The van der Waals surface area contributed by atoms with Crippen molar-refractivity contribution in [2.24, 2.45) is 5.41 Å². The molecule has 0 bridgehead atoms. The molecule has 0 aromatic heterocycles. The van der Waals surface area contributed by atoms with Gasteiger partial charge in [0.2, 0.25) is 0 Å². The van der Waals surface area contributed by atoms with E-state index in [2.05, 4.69) is 5.32 Å². The number of aliphatic carboxylic acids is 1. The number of amides is 1. The molecule has 1 aromatic carbocycles. The van der Waals surface area contributed by atoms with Crippen LogP contribution in [0.15, 0.2) is 18.2 Å². The topological polar surface area (TPSA) is 113 Å². The van der Waals surface area contributed by atoms with E-state index in [1.54, 1.807) is 0 Å². The molecule has 146 valence electrons. The monoisotopic (exact) mass is 387 g/mol. The number of nitrogens with zero attached hydrogens (tertiary/aromatic N) is 2. The maximum Gasteiger partial charge on any atom is 0.406 e. The molecule has 2 N–H and O–H groups in total. The second-order valence-corrected chi connectivity index (χ2v) is 6.77. The maximum absolute atomic E-state index is 13.2. The van der Waals surface area contributed by atoms with E-state index >= 15 is 0 Å². The van der Waals surface area contributed by atoms with Crippen LogP contribution in [0.25, 0.3) is 0 Å². The van der Waals surface area contributed by atoms with Gasteiger partial charge in [0.25, 0.3) is 11.6 Å². The maximum atomic E-state index is 13.2. The summed E-state index contributed by atoms with van der Waals surface area (Å²) in [5, 5.41) is 23.3. The number of benzene rings is 1. The Hall–Kier alpha value is -2.85. The Labute approximate surface area is 151 Å². The molecule has 0 spiro atoms. The zero-order chi connectivity index (χ0) is 20.0. The van der Waals surface area contributed by atoms with Crippen molar-refractivity contribution in [2.75, 3.05) is 18.4 Å². The van der Waals surface area contributed by atoms with Crippen molar-refractivity contribution < 1.29 is 32.8 Å². The van der Waals surface area contributed by atoms with Gasteiger partial charge < -0.3 is 15.3 Å². The van der Waals surface area contributed by atoms with Crippen LogP contribution in [0.3, 0.4) is 0 Å². The van der Waals surface area contributed by atoms with Crippen LogP contribution >= 0.6 is 0 Å². The number of likely N-dealkylation sites (tertiary alicyclic amines) is 1. The summed E-state index contributed by atoms with van der Waals surface area (Å²) in [7, 11) is 0. The second kappa shape index (κ2) is 6.39. The molecular weight excluding hydrogens is 371 g/mol. The number of nitro groups is 1. The average molecular weight is 387 g/mol. The molecular formula is C16H16F3N3O5. The average Bonchev–Trinajstić information content (AvgIpc) is 3.26. The third-order valence-corrected chi connectivity index (χ3v) is 4.89. The van der Waals surface area contributed by atoms with E-state index in [-0.39, 0.29) is 23.0 Å². The van der Waals surface area contributed by atoms with Gasteiger partial charge >= 0.3 is 12.1 Å². The highest BCUT2D eigenvalue weighted by molar-refractivity contribution is 5.96. The third kappa shape index (κ3) is 3.40. The van der Waals surface area contributed by atoms with Crippen molar-refractivity contribution in [3.05, 3.63) is 33.9 Å². The van der Waals surface area contributed by atoms with Crippen molar-refractivity contribution >= 4 is 23.3 Å². The number of alkyl halides is 3. The SMILES string of the molecule is O=C(c1ccc(NC2CC2)c([N+](=O)[O-])c1)N1CCC(C(=O)O)(C(F)(F)F)C1. The van der Waals surface area contributed by atoms with Gasteiger partial charge in [0.15, 0.2) is 5.41 Å². The molecule has 1 unspecified atom stereocenters. The molecule has 2 aliphatic rings. The fourth-order valence-corrected chi connectivity index (χ4v) is 3.08. The number of carboxylic acid groups (broad SMARTS) is 1. The summed E-state index contributed by atoms with van der Waals surface area (Å²) < 4.78 is 39.7. The first-order chi connectivity index (χ1) is 12.5. The lowest BCUT2D eigenvalue weighted by Crippen LogP contribution is -2.47. The number of anilines is 1. The quantitative estimate of drug-likeness (QED) is 0.593. The molecule has 1 atom stereocenters. The standard InChI is InChI=1S/C16H16F3N3O5/c17-16(18,19)15(14(24)25)5-6-21(8-15)13(23)9-1-4-11(20-10-2-3-10)12(7-9)22(26)27/h1,4,7,10,20H,2-3,5-6,8H2,(H,24,25). The van der Waals surface area contributed by atoms with Gasteiger partial charge in [-0.2, -0.15) is 13.2 Å². The summed E-state index contributed by atoms with van der Waals surface area (Å²) in [5.74, 6) is -2.91. The van der Waals surface area contributed by atoms with E-state index in [4.69, 9.17) is 5.11 Å². The normalized spacial score (nSPS) is 22.6. The Morgan fingerprint density at radius 2 is 2.00 bits per heavy atom. The molecule has 1 heterocycles. The van der Waals surface area contributed by atoms with Gasteiger partial charge in [-0.25, -0.2) is 0 Å². The van der Waals surface area contributed by atoms with Crippen molar-refractivity contribution in [3.63, 3.8) is 0 Å². The number of hydrogen-bond donors (Lipinski definition) is 2. The summed E-state index contributed by atoms with van der Waals surface area (Å²) in [4.78, 5) is 35.1. The van der Waals surface area contributed by atoms with Gasteiger partial charge in [-0.05, 0) is 31.4 Å². The van der Waals surface area contributed by atoms with Crippen LogP contribution < -0.4 is 5.32 Å². The van der Waals surface area contributed by atoms with Gasteiger partial charge in [0.05, 0.1) is 4.92 Å². The number of halogens is 3. The minimum Gasteiger partial charge on any atom is -0.481 e. The van der Waals surface area contributed by atoms with Crippen molar-refractivity contribution in [3.8, 4) is 0 Å². The smallest absolute Gasteiger partial charge is 0.406 e. The highest BCUT2D eigenvalue weighted by Gasteiger charge is 2.64. The molecule has 1 amide bonds. The summed E-state index contributed by atoms with van der Waals surface area (Å²) in [6, 6.07) is 3.76.